The molecule has 0 aromatic carbocycles. The van der Waals surface area contributed by atoms with Gasteiger partial charge in [0.25, 0.3) is 0 Å². The predicted molar refractivity (Wildman–Crippen MR) is 85.3 cm³/mol. The number of rotatable bonds is 3. The van der Waals surface area contributed by atoms with Gasteiger partial charge in [-0.25, -0.2) is 0 Å². The van der Waals surface area contributed by atoms with Gasteiger partial charge in [-0.1, -0.05) is 0 Å². The van der Waals surface area contributed by atoms with Crippen molar-refractivity contribution in [2.45, 2.75) is 45.4 Å². The van der Waals surface area contributed by atoms with Crippen molar-refractivity contribution >= 4 is 29.7 Å². The Labute approximate surface area is 135 Å². The van der Waals surface area contributed by atoms with Gasteiger partial charge in [-0.15, -0.1) is 0 Å². The molecule has 1 aliphatic rings. The first-order chi connectivity index (χ1) is 10.7. The molecule has 3 rings (SSSR count). The third-order valence-corrected chi connectivity index (χ3v) is 4.52. The number of carbonyl (C=O) groups excluding carboxylic acids is 1. The molecule has 1 aliphatic heterocycles. The molecule has 0 unspecified atom stereocenters. The lowest BCUT2D eigenvalue weighted by atomic mass is 9.84. The van der Waals surface area contributed by atoms with Gasteiger partial charge in [0.2, 0.25) is 0 Å². The highest BCUT2D eigenvalue weighted by Gasteiger charge is 2.52. The summed E-state index contributed by atoms with van der Waals surface area (Å²) in [4.78, 5) is 16.0. The molecule has 1 fully saturated rings. The highest BCUT2D eigenvalue weighted by atomic mass is 16.7. The largest absolute Gasteiger partial charge is 0.514 e. The molecule has 7 nitrogen and oxygen atoms in total. The van der Waals surface area contributed by atoms with E-state index in [4.69, 9.17) is 9.31 Å². The van der Waals surface area contributed by atoms with Crippen LogP contribution in [-0.2, 0) is 25.4 Å². The molecule has 0 N–H and O–H groups in total. The van der Waals surface area contributed by atoms with Crippen LogP contribution in [-0.4, -0.2) is 46.2 Å². The Morgan fingerprint density at radius 2 is 1.91 bits per heavy atom. The van der Waals surface area contributed by atoms with Gasteiger partial charge in [0.15, 0.2) is 0 Å². The number of fused-ring (bicyclic) bond motifs is 1. The molecule has 8 heteroatoms. The van der Waals surface area contributed by atoms with Crippen molar-refractivity contribution in [2.24, 2.45) is 0 Å². The van der Waals surface area contributed by atoms with Crippen molar-refractivity contribution in [2.75, 3.05) is 7.11 Å². The van der Waals surface area contributed by atoms with E-state index in [2.05, 4.69) is 14.8 Å². The fraction of sp³-hybridized carbons (Fsp3) is 0.533. The van der Waals surface area contributed by atoms with Crippen LogP contribution < -0.4 is 5.59 Å². The van der Waals surface area contributed by atoms with E-state index in [1.54, 1.807) is 10.9 Å². The van der Waals surface area contributed by atoms with Crippen molar-refractivity contribution in [3.05, 3.63) is 18.3 Å². The van der Waals surface area contributed by atoms with Gasteiger partial charge < -0.3 is 14.0 Å². The zero-order valence-electron chi connectivity index (χ0n) is 14.0. The highest BCUT2D eigenvalue weighted by Crippen LogP contribution is 2.36. The minimum absolute atomic E-state index is 0.0531. The Morgan fingerprint density at radius 1 is 1.26 bits per heavy atom. The average Bonchev–Trinajstić information content (AvgIpc) is 2.97. The van der Waals surface area contributed by atoms with Crippen LogP contribution in [0.3, 0.4) is 0 Å². The van der Waals surface area contributed by atoms with Gasteiger partial charge in [0.1, 0.15) is 12.1 Å². The normalized spacial score (nSPS) is 19.3. The molecule has 3 heterocycles. The van der Waals surface area contributed by atoms with E-state index in [1.807, 2.05) is 39.8 Å². The van der Waals surface area contributed by atoms with Crippen LogP contribution >= 0.6 is 0 Å². The van der Waals surface area contributed by atoms with Gasteiger partial charge in [0, 0.05) is 0 Å². The van der Waals surface area contributed by atoms with Crippen LogP contribution in [0.15, 0.2) is 18.3 Å². The highest BCUT2D eigenvalue weighted by molar-refractivity contribution is 6.61. The number of carbonyl (C=O) groups is 1. The quantitative estimate of drug-likeness (QED) is 0.618. The first-order valence-corrected chi connectivity index (χ1v) is 7.48. The third-order valence-electron chi connectivity index (χ3n) is 4.52. The number of pyridine rings is 1. The van der Waals surface area contributed by atoms with Gasteiger partial charge in [-0.2, -0.15) is 5.10 Å². The molecule has 0 amide bonds. The van der Waals surface area contributed by atoms with Crippen molar-refractivity contribution < 1.29 is 18.8 Å². The molecule has 0 spiro atoms. The Kier molecular flexibility index (Phi) is 3.69. The molecular formula is C15H20BN3O4. The van der Waals surface area contributed by atoms with Crippen LogP contribution in [0.5, 0.6) is 0 Å². The average molecular weight is 317 g/mol. The number of esters is 1. The van der Waals surface area contributed by atoms with Gasteiger partial charge >= 0.3 is 13.1 Å². The maximum atomic E-state index is 11.4. The lowest BCUT2D eigenvalue weighted by molar-refractivity contribution is -0.141. The van der Waals surface area contributed by atoms with Crippen molar-refractivity contribution in [3.8, 4) is 0 Å². The molecular weight excluding hydrogens is 297 g/mol. The second-order valence-corrected chi connectivity index (χ2v) is 6.61. The van der Waals surface area contributed by atoms with Crippen molar-refractivity contribution in [3.63, 3.8) is 0 Å². The Bertz CT molecular complexity index is 740. The van der Waals surface area contributed by atoms with E-state index >= 15 is 0 Å². The Balaban J connectivity index is 1.89. The van der Waals surface area contributed by atoms with Crippen LogP contribution in [0.25, 0.3) is 11.0 Å². The number of methoxy groups -OCH3 is 1. The second-order valence-electron chi connectivity index (χ2n) is 6.61. The van der Waals surface area contributed by atoms with E-state index < -0.39 is 18.3 Å². The van der Waals surface area contributed by atoms with Crippen molar-refractivity contribution in [1.29, 1.82) is 0 Å². The molecule has 0 atom stereocenters. The summed E-state index contributed by atoms with van der Waals surface area (Å²) < 4.78 is 18.2. The van der Waals surface area contributed by atoms with Crippen LogP contribution in [0.4, 0.5) is 0 Å². The molecule has 122 valence electrons. The zero-order chi connectivity index (χ0) is 16.8. The molecule has 0 aliphatic carbocycles. The van der Waals surface area contributed by atoms with E-state index in [0.717, 1.165) is 5.52 Å². The summed E-state index contributed by atoms with van der Waals surface area (Å²) in [7, 11) is 0.830. The van der Waals surface area contributed by atoms with Crippen LogP contribution in [0.1, 0.15) is 27.7 Å². The standard InChI is InChI=1S/C15H20BN3O4/c1-14(2)15(3,4)23-16(22-14)12-7-6-11-10(18-12)8-17-19(11)9-13(20)21-5/h6-8H,9H2,1-5H3. The smallest absolute Gasteiger partial charge is 0.468 e. The lowest BCUT2D eigenvalue weighted by Gasteiger charge is -2.32. The summed E-state index contributed by atoms with van der Waals surface area (Å²) in [6.45, 7) is 8.05. The van der Waals surface area contributed by atoms with Gasteiger partial charge in [0.05, 0.1) is 35.6 Å². The first-order valence-electron chi connectivity index (χ1n) is 7.48. The zero-order valence-corrected chi connectivity index (χ0v) is 14.0. The summed E-state index contributed by atoms with van der Waals surface area (Å²) in [5.74, 6) is -0.356. The van der Waals surface area contributed by atoms with Gasteiger partial charge in [-0.3, -0.25) is 14.5 Å². The summed E-state index contributed by atoms with van der Waals surface area (Å²) in [6.07, 6.45) is 1.62. The number of ether oxygens (including phenoxy) is 1. The molecule has 23 heavy (non-hydrogen) atoms. The molecule has 0 bridgehead atoms. The second kappa shape index (κ2) is 5.31. The number of nitrogens with zero attached hydrogens (tertiary/aromatic N) is 3. The maximum Gasteiger partial charge on any atom is 0.514 e. The molecule has 2 aromatic heterocycles. The van der Waals surface area contributed by atoms with Gasteiger partial charge in [-0.05, 0) is 39.8 Å². The summed E-state index contributed by atoms with van der Waals surface area (Å²) in [5, 5.41) is 4.18. The fourth-order valence-corrected chi connectivity index (χ4v) is 2.39. The topological polar surface area (TPSA) is 75.5 Å². The monoisotopic (exact) mass is 317 g/mol. The first kappa shape index (κ1) is 16.0. The predicted octanol–water partition coefficient (Wildman–Crippen LogP) is 0.903. The molecule has 0 saturated carbocycles. The van der Waals surface area contributed by atoms with E-state index in [0.29, 0.717) is 11.1 Å². The Hall–Kier alpha value is -1.93. The molecule has 2 aromatic rings. The number of hydrogen-bond donors (Lipinski definition) is 0. The van der Waals surface area contributed by atoms with Crippen LogP contribution in [0, 0.1) is 0 Å². The molecule has 0 radical (unpaired) electrons. The summed E-state index contributed by atoms with van der Waals surface area (Å²) in [5.41, 5.74) is 1.30. The number of aromatic nitrogens is 3. The number of hydrogen-bond acceptors (Lipinski definition) is 6. The summed E-state index contributed by atoms with van der Waals surface area (Å²) in [6, 6.07) is 3.69. The Morgan fingerprint density at radius 3 is 2.52 bits per heavy atom. The van der Waals surface area contributed by atoms with Crippen molar-refractivity contribution in [1.82, 2.24) is 14.8 Å². The minimum Gasteiger partial charge on any atom is -0.468 e. The van der Waals surface area contributed by atoms with E-state index in [1.165, 1.54) is 7.11 Å². The van der Waals surface area contributed by atoms with E-state index in [9.17, 15) is 4.79 Å². The SMILES string of the molecule is COC(=O)Cn1ncc2nc(B3OC(C)(C)C(C)(C)O3)ccc21. The van der Waals surface area contributed by atoms with E-state index in [-0.39, 0.29) is 12.5 Å². The minimum atomic E-state index is -0.520. The third kappa shape index (κ3) is 2.72. The fourth-order valence-electron chi connectivity index (χ4n) is 2.39. The maximum absolute atomic E-state index is 11.4. The van der Waals surface area contributed by atoms with Crippen LogP contribution in [0.2, 0.25) is 0 Å². The molecule has 1 saturated heterocycles. The lowest BCUT2D eigenvalue weighted by Crippen LogP contribution is -2.41. The summed E-state index contributed by atoms with van der Waals surface area (Å²) >= 11 is 0.